The molecule has 0 saturated carbocycles. The average Bonchev–Trinajstić information content (AvgIpc) is 2.60. The molecular weight excluding hydrogens is 312 g/mol. The second-order valence-corrected chi connectivity index (χ2v) is 6.85. The van der Waals surface area contributed by atoms with Crippen LogP contribution < -0.4 is 0 Å². The predicted octanol–water partition coefficient (Wildman–Crippen LogP) is 5.12. The SMILES string of the molecule is C=CC(C)(C)C(C)OC(=C)c1cc(C)c2ccccc2c1C(=O)C=O. The lowest BCUT2D eigenvalue weighted by atomic mass is 9.87. The zero-order valence-electron chi connectivity index (χ0n) is 15.3. The number of aldehydes is 1. The Labute approximate surface area is 149 Å². The first kappa shape index (κ1) is 18.7. The van der Waals surface area contributed by atoms with Crippen molar-refractivity contribution in [3.8, 4) is 0 Å². The summed E-state index contributed by atoms with van der Waals surface area (Å²) in [6.07, 6.45) is 1.97. The van der Waals surface area contributed by atoms with Crippen LogP contribution in [0.15, 0.2) is 49.6 Å². The summed E-state index contributed by atoms with van der Waals surface area (Å²) in [6.45, 7) is 15.8. The van der Waals surface area contributed by atoms with E-state index in [0.29, 0.717) is 23.2 Å². The minimum Gasteiger partial charge on any atom is -0.490 e. The number of carbonyl (C=O) groups is 2. The molecule has 0 N–H and O–H groups in total. The van der Waals surface area contributed by atoms with Crippen molar-refractivity contribution >= 4 is 28.6 Å². The minimum absolute atomic E-state index is 0.191. The number of rotatable bonds is 7. The van der Waals surface area contributed by atoms with Crippen molar-refractivity contribution in [1.29, 1.82) is 0 Å². The topological polar surface area (TPSA) is 43.4 Å². The largest absolute Gasteiger partial charge is 0.490 e. The van der Waals surface area contributed by atoms with Crippen LogP contribution in [0.1, 0.15) is 42.3 Å². The molecule has 25 heavy (non-hydrogen) atoms. The zero-order chi connectivity index (χ0) is 18.8. The smallest absolute Gasteiger partial charge is 0.226 e. The normalized spacial score (nSPS) is 12.5. The summed E-state index contributed by atoms with van der Waals surface area (Å²) >= 11 is 0. The van der Waals surface area contributed by atoms with E-state index in [0.717, 1.165) is 16.3 Å². The molecule has 0 fully saturated rings. The lowest BCUT2D eigenvalue weighted by Crippen LogP contribution is -2.26. The van der Waals surface area contributed by atoms with Crippen molar-refractivity contribution in [1.82, 2.24) is 0 Å². The lowest BCUT2D eigenvalue weighted by Gasteiger charge is -2.30. The van der Waals surface area contributed by atoms with Gasteiger partial charge in [0.25, 0.3) is 0 Å². The van der Waals surface area contributed by atoms with E-state index < -0.39 is 5.78 Å². The Bertz CT molecular complexity index is 859. The van der Waals surface area contributed by atoms with Crippen LogP contribution >= 0.6 is 0 Å². The summed E-state index contributed by atoms with van der Waals surface area (Å²) in [5.41, 5.74) is 1.63. The summed E-state index contributed by atoms with van der Waals surface area (Å²) in [5, 5.41) is 1.67. The molecule has 2 aromatic rings. The molecule has 130 valence electrons. The predicted molar refractivity (Wildman–Crippen MR) is 103 cm³/mol. The fourth-order valence-corrected chi connectivity index (χ4v) is 2.70. The second kappa shape index (κ2) is 7.06. The molecule has 0 spiro atoms. The minimum atomic E-state index is -0.577. The standard InChI is InChI=1S/C22H24O3/c1-7-22(5,6)16(4)25-15(3)19-12-14(2)17-10-8-9-11-18(17)21(19)20(24)13-23/h7-13,16H,1,3H2,2,4-6H3. The quantitative estimate of drug-likeness (QED) is 0.232. The van der Waals surface area contributed by atoms with Gasteiger partial charge in [-0.25, -0.2) is 0 Å². The molecule has 3 nitrogen and oxygen atoms in total. The molecule has 0 aliphatic heterocycles. The van der Waals surface area contributed by atoms with Crippen LogP contribution in [-0.2, 0) is 9.53 Å². The maximum absolute atomic E-state index is 12.3. The Hall–Kier alpha value is -2.68. The summed E-state index contributed by atoms with van der Waals surface area (Å²) in [5.74, 6) is -0.201. The van der Waals surface area contributed by atoms with Crippen molar-refractivity contribution < 1.29 is 14.3 Å². The third-order valence-electron chi connectivity index (χ3n) is 4.80. The Kier molecular flexibility index (Phi) is 5.27. The van der Waals surface area contributed by atoms with Gasteiger partial charge in [-0.3, -0.25) is 9.59 Å². The number of hydrogen-bond acceptors (Lipinski definition) is 3. The molecule has 0 radical (unpaired) electrons. The molecule has 0 saturated heterocycles. The van der Waals surface area contributed by atoms with E-state index in [-0.39, 0.29) is 11.5 Å². The second-order valence-electron chi connectivity index (χ2n) is 6.85. The Balaban J connectivity index is 2.60. The number of benzene rings is 2. The van der Waals surface area contributed by atoms with Crippen LogP contribution in [0.2, 0.25) is 0 Å². The molecule has 0 amide bonds. The number of aryl methyl sites for hydroxylation is 1. The van der Waals surface area contributed by atoms with Crippen LogP contribution in [0.25, 0.3) is 16.5 Å². The van der Waals surface area contributed by atoms with E-state index in [2.05, 4.69) is 13.2 Å². The maximum Gasteiger partial charge on any atom is 0.226 e. The highest BCUT2D eigenvalue weighted by molar-refractivity contribution is 6.37. The van der Waals surface area contributed by atoms with Crippen molar-refractivity contribution in [2.45, 2.75) is 33.8 Å². The van der Waals surface area contributed by atoms with Crippen molar-refractivity contribution in [3.05, 3.63) is 66.3 Å². The molecule has 0 heterocycles. The third-order valence-corrected chi connectivity index (χ3v) is 4.80. The molecule has 0 bridgehead atoms. The van der Waals surface area contributed by atoms with Crippen LogP contribution in [-0.4, -0.2) is 18.2 Å². The van der Waals surface area contributed by atoms with Gasteiger partial charge in [-0.15, -0.1) is 6.58 Å². The fourth-order valence-electron chi connectivity index (χ4n) is 2.70. The maximum atomic E-state index is 12.3. The first-order valence-electron chi connectivity index (χ1n) is 8.24. The molecule has 0 aliphatic rings. The molecule has 3 heteroatoms. The summed E-state index contributed by atoms with van der Waals surface area (Å²) in [7, 11) is 0. The molecule has 0 aliphatic carbocycles. The summed E-state index contributed by atoms with van der Waals surface area (Å²) in [6, 6.07) is 9.38. The first-order chi connectivity index (χ1) is 11.7. The number of Topliss-reactive ketones (excluding diaryl/α,β-unsaturated/α-hetero) is 1. The van der Waals surface area contributed by atoms with Crippen molar-refractivity contribution in [3.63, 3.8) is 0 Å². The van der Waals surface area contributed by atoms with Gasteiger partial charge in [-0.1, -0.05) is 50.8 Å². The van der Waals surface area contributed by atoms with Crippen LogP contribution in [0.3, 0.4) is 0 Å². The Morgan fingerprint density at radius 1 is 1.24 bits per heavy atom. The Morgan fingerprint density at radius 2 is 1.84 bits per heavy atom. The van der Waals surface area contributed by atoms with E-state index in [9.17, 15) is 9.59 Å². The number of ketones is 1. The van der Waals surface area contributed by atoms with Crippen molar-refractivity contribution in [2.75, 3.05) is 0 Å². The van der Waals surface area contributed by atoms with Gasteiger partial charge in [-0.05, 0) is 36.2 Å². The fraction of sp³-hybridized carbons (Fsp3) is 0.273. The van der Waals surface area contributed by atoms with E-state index in [4.69, 9.17) is 4.74 Å². The number of hydrogen-bond donors (Lipinski definition) is 0. The molecule has 1 unspecified atom stereocenters. The van der Waals surface area contributed by atoms with Gasteiger partial charge in [-0.2, -0.15) is 0 Å². The van der Waals surface area contributed by atoms with Gasteiger partial charge in [0.1, 0.15) is 11.9 Å². The molecular formula is C22H24O3. The monoisotopic (exact) mass is 336 g/mol. The highest BCUT2D eigenvalue weighted by atomic mass is 16.5. The zero-order valence-corrected chi connectivity index (χ0v) is 15.3. The Morgan fingerprint density at radius 3 is 2.40 bits per heavy atom. The summed E-state index contributed by atoms with van der Waals surface area (Å²) in [4.78, 5) is 23.5. The van der Waals surface area contributed by atoms with Crippen LogP contribution in [0.4, 0.5) is 0 Å². The molecule has 1 atom stereocenters. The number of fused-ring (bicyclic) bond motifs is 1. The van der Waals surface area contributed by atoms with E-state index >= 15 is 0 Å². The average molecular weight is 336 g/mol. The van der Waals surface area contributed by atoms with Gasteiger partial charge < -0.3 is 4.74 Å². The van der Waals surface area contributed by atoms with Gasteiger partial charge in [0, 0.05) is 16.5 Å². The van der Waals surface area contributed by atoms with Crippen LogP contribution in [0, 0.1) is 12.3 Å². The van der Waals surface area contributed by atoms with Crippen LogP contribution in [0.5, 0.6) is 0 Å². The highest BCUT2D eigenvalue weighted by Crippen LogP contribution is 2.33. The third kappa shape index (κ3) is 3.55. The number of carbonyl (C=O) groups excluding carboxylic acids is 2. The van der Waals surface area contributed by atoms with E-state index in [1.54, 1.807) is 0 Å². The molecule has 2 rings (SSSR count). The lowest BCUT2D eigenvalue weighted by molar-refractivity contribution is -0.104. The van der Waals surface area contributed by atoms with Gasteiger partial charge in [0.05, 0.1) is 0 Å². The summed E-state index contributed by atoms with van der Waals surface area (Å²) < 4.78 is 6.00. The molecule has 0 aromatic heterocycles. The first-order valence-corrected chi connectivity index (χ1v) is 8.24. The van der Waals surface area contributed by atoms with Crippen molar-refractivity contribution in [2.24, 2.45) is 5.41 Å². The van der Waals surface area contributed by atoms with Gasteiger partial charge in [0.15, 0.2) is 6.29 Å². The van der Waals surface area contributed by atoms with Gasteiger partial charge in [0.2, 0.25) is 5.78 Å². The van der Waals surface area contributed by atoms with E-state index in [1.807, 2.05) is 64.1 Å². The molecule has 2 aromatic carbocycles. The highest BCUT2D eigenvalue weighted by Gasteiger charge is 2.26. The van der Waals surface area contributed by atoms with E-state index in [1.165, 1.54) is 0 Å². The number of ether oxygens (including phenoxy) is 1. The van der Waals surface area contributed by atoms with Gasteiger partial charge >= 0.3 is 0 Å².